The van der Waals surface area contributed by atoms with Crippen LogP contribution in [0.3, 0.4) is 0 Å². The molecule has 0 amide bonds. The smallest absolute Gasteiger partial charge is 0.169 e. The molecule has 2 fully saturated rings. The maximum atomic E-state index is 12.7. The second-order valence-electron chi connectivity index (χ2n) is 5.92. The quantitative estimate of drug-likeness (QED) is 0.762. The van der Waals surface area contributed by atoms with Gasteiger partial charge in [0.2, 0.25) is 0 Å². The van der Waals surface area contributed by atoms with E-state index in [9.17, 15) is 4.79 Å². The van der Waals surface area contributed by atoms with E-state index in [0.717, 1.165) is 0 Å². The second kappa shape index (κ2) is 4.89. The van der Waals surface area contributed by atoms with Crippen LogP contribution >= 0.6 is 0 Å². The van der Waals surface area contributed by atoms with Crippen LogP contribution in [0.1, 0.15) is 27.7 Å². The van der Waals surface area contributed by atoms with Crippen molar-refractivity contribution in [3.63, 3.8) is 0 Å². The Hall–Kier alpha value is -0.490. The highest BCUT2D eigenvalue weighted by Gasteiger charge is 2.51. The van der Waals surface area contributed by atoms with Crippen LogP contribution in [-0.4, -0.2) is 44.8 Å². The van der Waals surface area contributed by atoms with Crippen molar-refractivity contribution >= 4 is 5.78 Å². The normalized spacial score (nSPS) is 23.8. The summed E-state index contributed by atoms with van der Waals surface area (Å²) in [5.74, 6) is 0.0359. The van der Waals surface area contributed by atoms with Crippen molar-refractivity contribution in [1.29, 1.82) is 0 Å². The fourth-order valence-electron chi connectivity index (χ4n) is 2.59. The van der Waals surface area contributed by atoms with E-state index < -0.39 is 23.4 Å². The molecule has 0 aliphatic carbocycles. The predicted octanol–water partition coefficient (Wildman–Crippen LogP) is 1.35. The maximum Gasteiger partial charge on any atom is 0.169 e. The number of rotatable bonds is 4. The van der Waals surface area contributed by atoms with E-state index in [2.05, 4.69) is 0 Å². The fraction of sp³-hybridized carbons (Fsp3) is 0.923. The van der Waals surface area contributed by atoms with E-state index in [4.69, 9.17) is 18.9 Å². The van der Waals surface area contributed by atoms with Gasteiger partial charge in [-0.1, -0.05) is 0 Å². The van der Waals surface area contributed by atoms with Crippen molar-refractivity contribution in [3.8, 4) is 0 Å². The van der Waals surface area contributed by atoms with Gasteiger partial charge in [-0.2, -0.15) is 0 Å². The molecular formula is C13H22O5. The van der Waals surface area contributed by atoms with Crippen LogP contribution in [0.4, 0.5) is 0 Å². The highest BCUT2D eigenvalue weighted by molar-refractivity contribution is 5.90. The zero-order chi connectivity index (χ0) is 13.4. The Morgan fingerprint density at radius 2 is 1.06 bits per heavy atom. The first-order valence-electron chi connectivity index (χ1n) is 6.38. The van der Waals surface area contributed by atoms with Gasteiger partial charge in [0.15, 0.2) is 18.4 Å². The van der Waals surface area contributed by atoms with Gasteiger partial charge in [-0.15, -0.1) is 0 Å². The molecule has 2 saturated heterocycles. The van der Waals surface area contributed by atoms with Crippen LogP contribution in [0.5, 0.6) is 0 Å². The lowest BCUT2D eigenvalue weighted by molar-refractivity contribution is -0.182. The molecule has 5 nitrogen and oxygen atoms in total. The van der Waals surface area contributed by atoms with E-state index >= 15 is 0 Å². The summed E-state index contributed by atoms with van der Waals surface area (Å²) < 4.78 is 21.9. The van der Waals surface area contributed by atoms with Crippen molar-refractivity contribution < 1.29 is 23.7 Å². The highest BCUT2D eigenvalue weighted by atomic mass is 16.7. The largest absolute Gasteiger partial charge is 0.349 e. The molecule has 2 aliphatic heterocycles. The van der Waals surface area contributed by atoms with Crippen molar-refractivity contribution in [3.05, 3.63) is 0 Å². The Kier molecular flexibility index (Phi) is 3.78. The summed E-state index contributed by atoms with van der Waals surface area (Å²) in [5, 5.41) is 0. The molecule has 0 N–H and O–H groups in total. The van der Waals surface area contributed by atoms with Crippen molar-refractivity contribution in [2.75, 3.05) is 26.4 Å². The van der Waals surface area contributed by atoms with Gasteiger partial charge in [0.05, 0.1) is 37.3 Å². The van der Waals surface area contributed by atoms with Gasteiger partial charge in [0.1, 0.15) is 0 Å². The van der Waals surface area contributed by atoms with Crippen LogP contribution in [0.15, 0.2) is 0 Å². The van der Waals surface area contributed by atoms with Gasteiger partial charge in [-0.3, -0.25) is 4.79 Å². The van der Waals surface area contributed by atoms with Gasteiger partial charge >= 0.3 is 0 Å². The van der Waals surface area contributed by atoms with E-state index in [0.29, 0.717) is 26.4 Å². The topological polar surface area (TPSA) is 54.0 Å². The third kappa shape index (κ3) is 2.32. The molecule has 0 saturated carbocycles. The minimum Gasteiger partial charge on any atom is -0.349 e. The summed E-state index contributed by atoms with van der Waals surface area (Å²) >= 11 is 0. The average molecular weight is 258 g/mol. The molecule has 0 unspecified atom stereocenters. The first kappa shape index (κ1) is 13.9. The Labute approximate surface area is 108 Å². The number of carbonyl (C=O) groups excluding carboxylic acids is 1. The standard InChI is InChI=1S/C13H22O5/c1-12(2,10-15-5-6-16-10)9(14)13(3,4)11-17-7-8-18-11/h10-11H,5-8H2,1-4H3. The van der Waals surface area contributed by atoms with Crippen molar-refractivity contribution in [1.82, 2.24) is 0 Å². The molecule has 2 heterocycles. The molecule has 2 rings (SSSR count). The molecular weight excluding hydrogens is 236 g/mol. The minimum absolute atomic E-state index is 0.0359. The van der Waals surface area contributed by atoms with Gasteiger partial charge in [-0.25, -0.2) is 0 Å². The summed E-state index contributed by atoms with van der Waals surface area (Å²) in [6, 6.07) is 0. The zero-order valence-corrected chi connectivity index (χ0v) is 11.5. The second-order valence-corrected chi connectivity index (χ2v) is 5.92. The lowest BCUT2D eigenvalue weighted by Gasteiger charge is -2.37. The molecule has 0 aromatic carbocycles. The summed E-state index contributed by atoms with van der Waals surface area (Å²) in [6.45, 7) is 9.56. The van der Waals surface area contributed by atoms with Crippen LogP contribution in [0.2, 0.25) is 0 Å². The number of hydrogen-bond donors (Lipinski definition) is 0. The molecule has 0 aromatic rings. The van der Waals surface area contributed by atoms with Gasteiger partial charge in [0.25, 0.3) is 0 Å². The first-order chi connectivity index (χ1) is 8.37. The summed E-state index contributed by atoms with van der Waals surface area (Å²) in [5.41, 5.74) is -1.43. The molecule has 0 atom stereocenters. The van der Waals surface area contributed by atoms with E-state index in [-0.39, 0.29) is 5.78 Å². The minimum atomic E-state index is -0.713. The molecule has 0 bridgehead atoms. The van der Waals surface area contributed by atoms with Crippen molar-refractivity contribution in [2.45, 2.75) is 40.3 Å². The summed E-state index contributed by atoms with van der Waals surface area (Å²) in [4.78, 5) is 12.7. The maximum absolute atomic E-state index is 12.7. The van der Waals surface area contributed by atoms with E-state index in [1.165, 1.54) is 0 Å². The number of ketones is 1. The number of Topliss-reactive ketones (excluding diaryl/α,β-unsaturated/α-hetero) is 1. The van der Waals surface area contributed by atoms with Crippen molar-refractivity contribution in [2.24, 2.45) is 10.8 Å². The molecule has 104 valence electrons. The lowest BCUT2D eigenvalue weighted by atomic mass is 9.72. The summed E-state index contributed by atoms with van der Waals surface area (Å²) in [7, 11) is 0. The fourth-order valence-corrected chi connectivity index (χ4v) is 2.59. The molecule has 5 heteroatoms. The van der Waals surface area contributed by atoms with E-state index in [1.807, 2.05) is 27.7 Å². The number of ether oxygens (including phenoxy) is 4. The molecule has 0 aromatic heterocycles. The van der Waals surface area contributed by atoms with Crippen LogP contribution in [0, 0.1) is 10.8 Å². The van der Waals surface area contributed by atoms with Crippen LogP contribution < -0.4 is 0 Å². The van der Waals surface area contributed by atoms with Crippen LogP contribution in [0.25, 0.3) is 0 Å². The van der Waals surface area contributed by atoms with Gasteiger partial charge < -0.3 is 18.9 Å². The van der Waals surface area contributed by atoms with Gasteiger partial charge in [0, 0.05) is 0 Å². The predicted molar refractivity (Wildman–Crippen MR) is 64.0 cm³/mol. The first-order valence-corrected chi connectivity index (χ1v) is 6.38. The Balaban J connectivity index is 2.12. The highest BCUT2D eigenvalue weighted by Crippen LogP contribution is 2.39. The molecule has 0 radical (unpaired) electrons. The lowest BCUT2D eigenvalue weighted by Crippen LogP contribution is -2.49. The average Bonchev–Trinajstić information content (AvgIpc) is 3.00. The molecule has 18 heavy (non-hydrogen) atoms. The Morgan fingerprint density at radius 3 is 1.33 bits per heavy atom. The monoisotopic (exact) mass is 258 g/mol. The third-order valence-corrected chi connectivity index (χ3v) is 3.59. The molecule has 0 spiro atoms. The third-order valence-electron chi connectivity index (χ3n) is 3.59. The SMILES string of the molecule is CC(C)(C(=O)C(C)(C)C1OCCO1)C1OCCO1. The summed E-state index contributed by atoms with van der Waals surface area (Å²) in [6.07, 6.45) is -0.962. The Bertz CT molecular complexity index is 281. The molecule has 2 aliphatic rings. The number of carbonyl (C=O) groups is 1. The zero-order valence-electron chi connectivity index (χ0n) is 11.5. The van der Waals surface area contributed by atoms with Crippen LogP contribution in [-0.2, 0) is 23.7 Å². The van der Waals surface area contributed by atoms with E-state index in [1.54, 1.807) is 0 Å². The van der Waals surface area contributed by atoms with Gasteiger partial charge in [-0.05, 0) is 27.7 Å². The number of hydrogen-bond acceptors (Lipinski definition) is 5. The Morgan fingerprint density at radius 1 is 0.778 bits per heavy atom.